The molecule has 0 aliphatic carbocycles. The third kappa shape index (κ3) is 3.65. The third-order valence-electron chi connectivity index (χ3n) is 3.15. The maximum absolute atomic E-state index is 13.6. The molecule has 5 nitrogen and oxygen atoms in total. The van der Waals surface area contributed by atoms with E-state index in [4.69, 9.17) is 9.47 Å². The van der Waals surface area contributed by atoms with Crippen LogP contribution in [0.4, 0.5) is 8.78 Å². The zero-order valence-electron chi connectivity index (χ0n) is 12.8. The van der Waals surface area contributed by atoms with E-state index >= 15 is 0 Å². The second-order valence-electron chi connectivity index (χ2n) is 4.69. The molecule has 0 fully saturated rings. The summed E-state index contributed by atoms with van der Waals surface area (Å²) in [6.45, 7) is 0. The van der Waals surface area contributed by atoms with Crippen LogP contribution in [-0.2, 0) is 9.84 Å². The lowest BCUT2D eigenvalue weighted by Gasteiger charge is -2.09. The zero-order valence-corrected chi connectivity index (χ0v) is 13.6. The Morgan fingerprint density at radius 2 is 1.71 bits per heavy atom. The van der Waals surface area contributed by atoms with Gasteiger partial charge in [0.1, 0.15) is 22.3 Å². The summed E-state index contributed by atoms with van der Waals surface area (Å²) in [5, 5.41) is 10.5. The topological polar surface area (TPSA) is 72.8 Å². The molecule has 0 heterocycles. The quantitative estimate of drug-likeness (QED) is 0.657. The summed E-state index contributed by atoms with van der Waals surface area (Å²) in [6.07, 6.45) is 0. The SMILES string of the molecule is COc1ccc(C(O)=CS(=O)(=O)c2ccc(F)cc2F)cc1OC. The van der Waals surface area contributed by atoms with Crippen LogP contribution in [-0.4, -0.2) is 27.7 Å². The molecule has 8 heteroatoms. The Bertz CT molecular complexity index is 891. The second-order valence-corrected chi connectivity index (χ2v) is 6.46. The molecule has 0 unspecified atom stereocenters. The molecule has 0 aliphatic rings. The van der Waals surface area contributed by atoms with Gasteiger partial charge < -0.3 is 14.6 Å². The molecule has 0 atom stereocenters. The maximum Gasteiger partial charge on any atom is 0.206 e. The summed E-state index contributed by atoms with van der Waals surface area (Å²) in [5.74, 6) is -2.10. The van der Waals surface area contributed by atoms with Gasteiger partial charge in [-0.05, 0) is 30.3 Å². The first-order valence-electron chi connectivity index (χ1n) is 6.61. The number of aliphatic hydroxyl groups is 1. The van der Waals surface area contributed by atoms with Gasteiger partial charge in [0.05, 0.1) is 19.6 Å². The number of rotatable bonds is 5. The Labute approximate surface area is 137 Å². The number of halogens is 2. The van der Waals surface area contributed by atoms with Crippen molar-refractivity contribution >= 4 is 15.6 Å². The molecule has 1 N–H and O–H groups in total. The number of hydrogen-bond acceptors (Lipinski definition) is 5. The van der Waals surface area contributed by atoms with Crippen molar-refractivity contribution in [2.24, 2.45) is 0 Å². The highest BCUT2D eigenvalue weighted by molar-refractivity contribution is 7.94. The predicted octanol–water partition coefficient (Wildman–Crippen LogP) is 3.31. The van der Waals surface area contributed by atoms with Crippen LogP contribution in [0.25, 0.3) is 5.76 Å². The average molecular weight is 356 g/mol. The Balaban J connectivity index is 2.46. The molecule has 2 rings (SSSR count). The Hall–Kier alpha value is -2.61. The fourth-order valence-corrected chi connectivity index (χ4v) is 3.13. The Morgan fingerprint density at radius 1 is 1.04 bits per heavy atom. The lowest BCUT2D eigenvalue weighted by atomic mass is 10.2. The van der Waals surface area contributed by atoms with Crippen LogP contribution in [0.3, 0.4) is 0 Å². The summed E-state index contributed by atoms with van der Waals surface area (Å²) in [4.78, 5) is -0.740. The highest BCUT2D eigenvalue weighted by Crippen LogP contribution is 2.30. The lowest BCUT2D eigenvalue weighted by Crippen LogP contribution is -2.02. The molecule has 0 aliphatic heterocycles. The second kappa shape index (κ2) is 6.88. The minimum absolute atomic E-state index is 0.124. The van der Waals surface area contributed by atoms with Gasteiger partial charge in [0.25, 0.3) is 0 Å². The van der Waals surface area contributed by atoms with E-state index in [-0.39, 0.29) is 11.3 Å². The van der Waals surface area contributed by atoms with E-state index in [0.717, 1.165) is 12.1 Å². The normalized spacial score (nSPS) is 12.1. The summed E-state index contributed by atoms with van der Waals surface area (Å²) in [7, 11) is -1.51. The summed E-state index contributed by atoms with van der Waals surface area (Å²) >= 11 is 0. The van der Waals surface area contributed by atoms with Crippen LogP contribution in [0.15, 0.2) is 46.7 Å². The number of ether oxygens (including phenoxy) is 2. The minimum Gasteiger partial charge on any atom is -0.507 e. The van der Waals surface area contributed by atoms with Gasteiger partial charge in [-0.3, -0.25) is 0 Å². The predicted molar refractivity (Wildman–Crippen MR) is 83.7 cm³/mol. The molecule has 128 valence electrons. The first kappa shape index (κ1) is 17.7. The lowest BCUT2D eigenvalue weighted by molar-refractivity contribution is 0.354. The molecule has 0 saturated carbocycles. The fraction of sp³-hybridized carbons (Fsp3) is 0.125. The first-order chi connectivity index (χ1) is 11.3. The summed E-state index contributed by atoms with van der Waals surface area (Å²) in [6, 6.07) is 6.30. The van der Waals surface area contributed by atoms with Crippen molar-refractivity contribution < 1.29 is 31.8 Å². The summed E-state index contributed by atoms with van der Waals surface area (Å²) < 4.78 is 61.0. The van der Waals surface area contributed by atoms with Gasteiger partial charge in [-0.2, -0.15) is 0 Å². The smallest absolute Gasteiger partial charge is 0.206 e. The molecule has 0 saturated heterocycles. The van der Waals surface area contributed by atoms with E-state index < -0.39 is 32.1 Å². The van der Waals surface area contributed by atoms with Crippen molar-refractivity contribution in [2.75, 3.05) is 14.2 Å². The summed E-state index contributed by atoms with van der Waals surface area (Å²) in [5.41, 5.74) is 0.124. The van der Waals surface area contributed by atoms with Gasteiger partial charge in [0.15, 0.2) is 11.5 Å². The van der Waals surface area contributed by atoms with Crippen molar-refractivity contribution in [3.63, 3.8) is 0 Å². The number of hydrogen-bond donors (Lipinski definition) is 1. The van der Waals surface area contributed by atoms with Crippen molar-refractivity contribution in [3.8, 4) is 11.5 Å². The molecule has 0 amide bonds. The van der Waals surface area contributed by atoms with Crippen LogP contribution in [0.1, 0.15) is 5.56 Å². The monoisotopic (exact) mass is 356 g/mol. The molecular formula is C16H14F2O5S. The van der Waals surface area contributed by atoms with E-state index in [1.807, 2.05) is 0 Å². The standard InChI is InChI=1S/C16H14F2O5S/c1-22-14-5-3-10(7-15(14)23-2)13(19)9-24(20,21)16-6-4-11(17)8-12(16)18/h3-9,19H,1-2H3. The van der Waals surface area contributed by atoms with Crippen molar-refractivity contribution in [3.05, 3.63) is 59.0 Å². The maximum atomic E-state index is 13.6. The zero-order chi connectivity index (χ0) is 17.9. The minimum atomic E-state index is -4.32. The Morgan fingerprint density at radius 3 is 2.29 bits per heavy atom. The number of sulfone groups is 1. The van der Waals surface area contributed by atoms with Crippen molar-refractivity contribution in [1.82, 2.24) is 0 Å². The third-order valence-corrected chi connectivity index (χ3v) is 4.62. The fourth-order valence-electron chi connectivity index (χ4n) is 1.98. The first-order valence-corrected chi connectivity index (χ1v) is 8.16. The molecule has 2 aromatic carbocycles. The van der Waals surface area contributed by atoms with Gasteiger partial charge in [0, 0.05) is 11.6 Å². The van der Waals surface area contributed by atoms with E-state index in [1.54, 1.807) is 0 Å². The van der Waals surface area contributed by atoms with E-state index in [9.17, 15) is 22.3 Å². The molecule has 0 radical (unpaired) electrons. The molecular weight excluding hydrogens is 342 g/mol. The average Bonchev–Trinajstić information content (AvgIpc) is 2.53. The number of methoxy groups -OCH3 is 2. The molecule has 0 spiro atoms. The molecule has 24 heavy (non-hydrogen) atoms. The van der Waals surface area contributed by atoms with E-state index in [0.29, 0.717) is 17.2 Å². The van der Waals surface area contributed by atoms with Crippen LogP contribution >= 0.6 is 0 Å². The van der Waals surface area contributed by atoms with Crippen LogP contribution in [0.5, 0.6) is 11.5 Å². The van der Waals surface area contributed by atoms with Crippen LogP contribution < -0.4 is 9.47 Å². The van der Waals surface area contributed by atoms with Crippen molar-refractivity contribution in [1.29, 1.82) is 0 Å². The van der Waals surface area contributed by atoms with Gasteiger partial charge in [0.2, 0.25) is 9.84 Å². The van der Waals surface area contributed by atoms with Gasteiger partial charge in [-0.25, -0.2) is 17.2 Å². The van der Waals surface area contributed by atoms with E-state index in [2.05, 4.69) is 0 Å². The number of aliphatic hydroxyl groups excluding tert-OH is 1. The van der Waals surface area contributed by atoms with Crippen LogP contribution in [0.2, 0.25) is 0 Å². The van der Waals surface area contributed by atoms with E-state index in [1.165, 1.54) is 32.4 Å². The molecule has 2 aromatic rings. The highest BCUT2D eigenvalue weighted by atomic mass is 32.2. The van der Waals surface area contributed by atoms with Gasteiger partial charge >= 0.3 is 0 Å². The van der Waals surface area contributed by atoms with Crippen LogP contribution in [0, 0.1) is 11.6 Å². The van der Waals surface area contributed by atoms with Gasteiger partial charge in [-0.15, -0.1) is 0 Å². The Kier molecular flexibility index (Phi) is 5.08. The van der Waals surface area contributed by atoms with Gasteiger partial charge in [-0.1, -0.05) is 0 Å². The van der Waals surface area contributed by atoms with Crippen molar-refractivity contribution in [2.45, 2.75) is 4.90 Å². The molecule has 0 bridgehead atoms. The number of benzene rings is 2. The highest BCUT2D eigenvalue weighted by Gasteiger charge is 2.19. The molecule has 0 aromatic heterocycles. The largest absolute Gasteiger partial charge is 0.507 e.